The Morgan fingerprint density at radius 2 is 2.25 bits per heavy atom. The largest absolute Gasteiger partial charge is 0.398 e. The Labute approximate surface area is 95.5 Å². The molecule has 0 saturated heterocycles. The third-order valence-electron chi connectivity index (χ3n) is 2.58. The van der Waals surface area contributed by atoms with Crippen molar-refractivity contribution in [3.05, 3.63) is 29.3 Å². The Hall–Kier alpha value is -1.55. The van der Waals surface area contributed by atoms with Crippen LogP contribution in [0, 0.1) is 6.92 Å². The summed E-state index contributed by atoms with van der Waals surface area (Å²) >= 11 is 0. The Morgan fingerprint density at radius 1 is 1.56 bits per heavy atom. The van der Waals surface area contributed by atoms with Crippen molar-refractivity contribution in [2.45, 2.75) is 26.3 Å². The van der Waals surface area contributed by atoms with Gasteiger partial charge in [-0.1, -0.05) is 19.1 Å². The molecule has 0 heterocycles. The minimum atomic E-state index is -0.225. The molecule has 1 rings (SSSR count). The van der Waals surface area contributed by atoms with Crippen LogP contribution in [0.5, 0.6) is 0 Å². The van der Waals surface area contributed by atoms with Gasteiger partial charge < -0.3 is 16.2 Å². The number of rotatable bonds is 4. The van der Waals surface area contributed by atoms with E-state index < -0.39 is 0 Å². The van der Waals surface area contributed by atoms with Gasteiger partial charge in [-0.05, 0) is 25.0 Å². The average molecular weight is 222 g/mol. The van der Waals surface area contributed by atoms with Crippen LogP contribution in [0.15, 0.2) is 18.2 Å². The van der Waals surface area contributed by atoms with Gasteiger partial charge in [0.15, 0.2) is 0 Å². The van der Waals surface area contributed by atoms with E-state index in [0.717, 1.165) is 5.56 Å². The van der Waals surface area contributed by atoms with Gasteiger partial charge in [-0.3, -0.25) is 4.79 Å². The lowest BCUT2D eigenvalue weighted by atomic mass is 10.1. The fourth-order valence-electron chi connectivity index (χ4n) is 1.53. The van der Waals surface area contributed by atoms with Gasteiger partial charge in [0.2, 0.25) is 0 Å². The van der Waals surface area contributed by atoms with Crippen molar-refractivity contribution in [2.75, 3.05) is 12.3 Å². The molecule has 0 fully saturated rings. The third-order valence-corrected chi connectivity index (χ3v) is 2.58. The second-order valence-corrected chi connectivity index (χ2v) is 3.80. The molecule has 0 spiro atoms. The van der Waals surface area contributed by atoms with E-state index in [2.05, 4.69) is 5.32 Å². The van der Waals surface area contributed by atoms with Crippen LogP contribution in [-0.2, 0) is 0 Å². The molecule has 0 aromatic heterocycles. The van der Waals surface area contributed by atoms with Crippen molar-refractivity contribution < 1.29 is 9.90 Å². The maximum Gasteiger partial charge on any atom is 0.253 e. The SMILES string of the molecule is CC[C@H](CO)NC(=O)c1c(C)cccc1N. The molecular weight excluding hydrogens is 204 g/mol. The smallest absolute Gasteiger partial charge is 0.253 e. The van der Waals surface area contributed by atoms with E-state index in [1.807, 2.05) is 26.0 Å². The standard InChI is InChI=1S/C12H18N2O2/c1-3-9(7-15)14-12(16)11-8(2)5-4-6-10(11)13/h4-6,9,15H,3,7,13H2,1-2H3,(H,14,16)/t9-/m1/s1. The zero-order valence-corrected chi connectivity index (χ0v) is 9.66. The molecule has 1 aromatic rings. The topological polar surface area (TPSA) is 75.3 Å². The second kappa shape index (κ2) is 5.51. The van der Waals surface area contributed by atoms with Gasteiger partial charge in [0.1, 0.15) is 0 Å². The first-order valence-corrected chi connectivity index (χ1v) is 5.37. The molecule has 1 atom stereocenters. The van der Waals surface area contributed by atoms with Gasteiger partial charge >= 0.3 is 0 Å². The summed E-state index contributed by atoms with van der Waals surface area (Å²) < 4.78 is 0. The quantitative estimate of drug-likeness (QED) is 0.667. The monoisotopic (exact) mass is 222 g/mol. The zero-order chi connectivity index (χ0) is 12.1. The van der Waals surface area contributed by atoms with Crippen LogP contribution in [0.3, 0.4) is 0 Å². The maximum atomic E-state index is 11.9. The van der Waals surface area contributed by atoms with E-state index in [4.69, 9.17) is 10.8 Å². The molecule has 1 amide bonds. The van der Waals surface area contributed by atoms with E-state index in [0.29, 0.717) is 17.7 Å². The average Bonchev–Trinajstić information content (AvgIpc) is 2.25. The summed E-state index contributed by atoms with van der Waals surface area (Å²) in [6.45, 7) is 3.68. The molecule has 1 aromatic carbocycles. The number of aliphatic hydroxyl groups excluding tert-OH is 1. The van der Waals surface area contributed by atoms with E-state index >= 15 is 0 Å². The maximum absolute atomic E-state index is 11.9. The number of aliphatic hydroxyl groups is 1. The second-order valence-electron chi connectivity index (χ2n) is 3.80. The summed E-state index contributed by atoms with van der Waals surface area (Å²) in [5.41, 5.74) is 7.55. The van der Waals surface area contributed by atoms with Crippen LogP contribution >= 0.6 is 0 Å². The predicted molar refractivity (Wildman–Crippen MR) is 64.2 cm³/mol. The van der Waals surface area contributed by atoms with E-state index in [1.165, 1.54) is 0 Å². The van der Waals surface area contributed by atoms with Crippen molar-refractivity contribution in [2.24, 2.45) is 0 Å². The van der Waals surface area contributed by atoms with Gasteiger partial charge in [0, 0.05) is 5.69 Å². The normalized spacial score (nSPS) is 12.2. The summed E-state index contributed by atoms with van der Waals surface area (Å²) in [6.07, 6.45) is 0.689. The van der Waals surface area contributed by atoms with Crippen molar-refractivity contribution >= 4 is 11.6 Å². The third kappa shape index (κ3) is 2.73. The van der Waals surface area contributed by atoms with E-state index in [9.17, 15) is 4.79 Å². The summed E-state index contributed by atoms with van der Waals surface area (Å²) in [5.74, 6) is -0.225. The van der Waals surface area contributed by atoms with Crippen LogP contribution < -0.4 is 11.1 Å². The number of anilines is 1. The van der Waals surface area contributed by atoms with Crippen LogP contribution in [0.4, 0.5) is 5.69 Å². The minimum Gasteiger partial charge on any atom is -0.398 e. The Bertz CT molecular complexity index is 353. The molecule has 0 aliphatic carbocycles. The first-order chi connectivity index (χ1) is 7.60. The predicted octanol–water partition coefficient (Wildman–Crippen LogP) is 1.08. The molecule has 4 heteroatoms. The fraction of sp³-hybridized carbons (Fsp3) is 0.417. The van der Waals surface area contributed by atoms with Gasteiger partial charge in [0.05, 0.1) is 18.2 Å². The highest BCUT2D eigenvalue weighted by atomic mass is 16.3. The molecule has 0 radical (unpaired) electrons. The van der Waals surface area contributed by atoms with Crippen molar-refractivity contribution in [1.29, 1.82) is 0 Å². The molecule has 0 aliphatic heterocycles. The Kier molecular flexibility index (Phi) is 4.31. The number of hydrogen-bond acceptors (Lipinski definition) is 3. The van der Waals surface area contributed by atoms with E-state index in [-0.39, 0.29) is 18.6 Å². The van der Waals surface area contributed by atoms with Gasteiger partial charge in [0.25, 0.3) is 5.91 Å². The number of amides is 1. The molecule has 0 unspecified atom stereocenters. The highest BCUT2D eigenvalue weighted by Crippen LogP contribution is 2.16. The summed E-state index contributed by atoms with van der Waals surface area (Å²) in [4.78, 5) is 11.9. The zero-order valence-electron chi connectivity index (χ0n) is 9.66. The lowest BCUT2D eigenvalue weighted by molar-refractivity contribution is 0.0915. The molecule has 88 valence electrons. The van der Waals surface area contributed by atoms with Crippen LogP contribution in [-0.4, -0.2) is 23.7 Å². The first kappa shape index (κ1) is 12.5. The van der Waals surface area contributed by atoms with E-state index in [1.54, 1.807) is 6.07 Å². The molecular formula is C12H18N2O2. The number of hydrogen-bond donors (Lipinski definition) is 3. The van der Waals surface area contributed by atoms with Crippen molar-refractivity contribution in [1.82, 2.24) is 5.32 Å². The minimum absolute atomic E-state index is 0.0615. The first-order valence-electron chi connectivity index (χ1n) is 5.37. The Morgan fingerprint density at radius 3 is 2.75 bits per heavy atom. The Balaban J connectivity index is 2.88. The number of carbonyl (C=O) groups is 1. The van der Waals surface area contributed by atoms with Gasteiger partial charge in [-0.2, -0.15) is 0 Å². The highest BCUT2D eigenvalue weighted by molar-refractivity contribution is 6.00. The molecule has 0 bridgehead atoms. The molecule has 16 heavy (non-hydrogen) atoms. The number of nitrogens with one attached hydrogen (secondary N) is 1. The fourth-order valence-corrected chi connectivity index (χ4v) is 1.53. The van der Waals surface area contributed by atoms with Gasteiger partial charge in [-0.15, -0.1) is 0 Å². The van der Waals surface area contributed by atoms with Gasteiger partial charge in [-0.25, -0.2) is 0 Å². The molecule has 0 aliphatic rings. The molecule has 4 N–H and O–H groups in total. The summed E-state index contributed by atoms with van der Waals surface area (Å²) in [5, 5.41) is 11.8. The summed E-state index contributed by atoms with van der Waals surface area (Å²) in [6, 6.07) is 5.13. The molecule has 0 saturated carbocycles. The van der Waals surface area contributed by atoms with Crippen LogP contribution in [0.25, 0.3) is 0 Å². The lowest BCUT2D eigenvalue weighted by Gasteiger charge is -2.16. The van der Waals surface area contributed by atoms with Crippen molar-refractivity contribution in [3.8, 4) is 0 Å². The van der Waals surface area contributed by atoms with Crippen LogP contribution in [0.1, 0.15) is 29.3 Å². The van der Waals surface area contributed by atoms with Crippen molar-refractivity contribution in [3.63, 3.8) is 0 Å². The number of carbonyl (C=O) groups excluding carboxylic acids is 1. The van der Waals surface area contributed by atoms with Crippen LogP contribution in [0.2, 0.25) is 0 Å². The highest BCUT2D eigenvalue weighted by Gasteiger charge is 2.15. The summed E-state index contributed by atoms with van der Waals surface area (Å²) in [7, 11) is 0. The number of nitrogens with two attached hydrogens (primary N) is 1. The lowest BCUT2D eigenvalue weighted by Crippen LogP contribution is -2.37. The number of benzene rings is 1. The number of nitrogen functional groups attached to an aromatic ring is 1. The number of aryl methyl sites for hydroxylation is 1. The molecule has 4 nitrogen and oxygen atoms in total.